The lowest BCUT2D eigenvalue weighted by Crippen LogP contribution is -2.35. The molecule has 1 fully saturated rings. The number of nitrogens with zero attached hydrogens (tertiary/aromatic N) is 2. The van der Waals surface area contributed by atoms with Crippen molar-refractivity contribution in [1.29, 1.82) is 0 Å². The average Bonchev–Trinajstić information content (AvgIpc) is 3.16. The van der Waals surface area contributed by atoms with Crippen LogP contribution in [0.3, 0.4) is 0 Å². The third-order valence-electron chi connectivity index (χ3n) is 5.43. The second kappa shape index (κ2) is 7.00. The minimum atomic E-state index is -0.381. The molecule has 28 heavy (non-hydrogen) atoms. The molecule has 1 aliphatic heterocycles. The van der Waals surface area contributed by atoms with Crippen LogP contribution in [-0.2, 0) is 9.59 Å². The van der Waals surface area contributed by atoms with Crippen LogP contribution in [0.1, 0.15) is 37.6 Å². The Bertz CT molecular complexity index is 1100. The Morgan fingerprint density at radius 2 is 1.71 bits per heavy atom. The molecule has 4 rings (SSSR count). The Labute approximate surface area is 164 Å². The zero-order valence-corrected chi connectivity index (χ0v) is 16.3. The molecular weight excluding hydrogens is 350 g/mol. The van der Waals surface area contributed by atoms with Crippen molar-refractivity contribution < 1.29 is 9.59 Å². The molecule has 1 aliphatic rings. The van der Waals surface area contributed by atoms with Crippen LogP contribution in [0.5, 0.6) is 0 Å². The van der Waals surface area contributed by atoms with Gasteiger partial charge in [-0.2, -0.15) is 0 Å². The number of para-hydroxylation sites is 2. The van der Waals surface area contributed by atoms with Gasteiger partial charge in [-0.15, -0.1) is 0 Å². The number of fused-ring (bicyclic) bond motifs is 1. The van der Waals surface area contributed by atoms with E-state index in [-0.39, 0.29) is 17.4 Å². The van der Waals surface area contributed by atoms with Gasteiger partial charge in [0, 0.05) is 28.2 Å². The highest BCUT2D eigenvalue weighted by molar-refractivity contribution is 6.32. The van der Waals surface area contributed by atoms with Crippen molar-refractivity contribution in [2.75, 3.05) is 5.01 Å². The second-order valence-electron chi connectivity index (χ2n) is 7.12. The van der Waals surface area contributed by atoms with Crippen molar-refractivity contribution in [3.63, 3.8) is 0 Å². The molecule has 0 radical (unpaired) electrons. The van der Waals surface area contributed by atoms with E-state index in [0.717, 1.165) is 28.6 Å². The largest absolute Gasteiger partial charge is 0.341 e. The maximum Gasteiger partial charge on any atom is 0.282 e. The summed E-state index contributed by atoms with van der Waals surface area (Å²) in [6.07, 6.45) is 2.73. The number of nitrogens with one attached hydrogen (secondary N) is 1. The van der Waals surface area contributed by atoms with Gasteiger partial charge < -0.3 is 4.57 Å². The van der Waals surface area contributed by atoms with Gasteiger partial charge in [-0.3, -0.25) is 15.0 Å². The van der Waals surface area contributed by atoms with E-state index in [2.05, 4.69) is 29.9 Å². The van der Waals surface area contributed by atoms with Crippen LogP contribution in [-0.4, -0.2) is 16.4 Å². The molecule has 1 saturated heterocycles. The molecular formula is C23H23N3O2. The van der Waals surface area contributed by atoms with Crippen molar-refractivity contribution in [2.45, 2.75) is 33.2 Å². The zero-order valence-electron chi connectivity index (χ0n) is 16.3. The van der Waals surface area contributed by atoms with Gasteiger partial charge in [-0.1, -0.05) is 43.3 Å². The topological polar surface area (TPSA) is 54.3 Å². The molecule has 0 unspecified atom stereocenters. The van der Waals surface area contributed by atoms with E-state index >= 15 is 0 Å². The highest BCUT2D eigenvalue weighted by atomic mass is 16.2. The number of carbonyl (C=O) groups is 2. The van der Waals surface area contributed by atoms with Gasteiger partial charge in [0.2, 0.25) is 0 Å². The van der Waals surface area contributed by atoms with E-state index in [0.29, 0.717) is 11.7 Å². The molecule has 0 spiro atoms. The molecule has 1 N–H and O–H groups in total. The van der Waals surface area contributed by atoms with E-state index in [4.69, 9.17) is 0 Å². The Morgan fingerprint density at radius 1 is 1.04 bits per heavy atom. The molecule has 0 saturated carbocycles. The fraction of sp³-hybridized carbons (Fsp3) is 0.217. The molecule has 0 aliphatic carbocycles. The van der Waals surface area contributed by atoms with Gasteiger partial charge in [0.1, 0.15) is 5.57 Å². The molecule has 2 amide bonds. The highest BCUT2D eigenvalue weighted by Crippen LogP contribution is 2.32. The summed E-state index contributed by atoms with van der Waals surface area (Å²) in [6.45, 7) is 6.38. The lowest BCUT2D eigenvalue weighted by Gasteiger charge is -2.15. The first-order valence-electron chi connectivity index (χ1n) is 9.54. The first kappa shape index (κ1) is 18.0. The van der Waals surface area contributed by atoms with Crippen LogP contribution in [0.2, 0.25) is 0 Å². The summed E-state index contributed by atoms with van der Waals surface area (Å²) in [5, 5.41) is 2.35. The van der Waals surface area contributed by atoms with E-state index in [9.17, 15) is 9.59 Å². The number of benzene rings is 2. The Morgan fingerprint density at radius 3 is 2.43 bits per heavy atom. The summed E-state index contributed by atoms with van der Waals surface area (Å²) in [4.78, 5) is 25.5. The first-order chi connectivity index (χ1) is 13.5. The normalized spacial score (nSPS) is 16.8. The number of amides is 2. The van der Waals surface area contributed by atoms with Crippen molar-refractivity contribution in [3.05, 3.63) is 71.4 Å². The molecule has 5 nitrogen and oxygen atoms in total. The van der Waals surface area contributed by atoms with Gasteiger partial charge in [0.05, 0.1) is 5.69 Å². The number of anilines is 1. The summed E-state index contributed by atoms with van der Waals surface area (Å²) >= 11 is 0. The Hall–Kier alpha value is -3.34. The second-order valence-corrected chi connectivity index (χ2v) is 7.12. The quantitative estimate of drug-likeness (QED) is 0.545. The van der Waals surface area contributed by atoms with Gasteiger partial charge in [0.15, 0.2) is 0 Å². The molecule has 142 valence electrons. The number of carbonyl (C=O) groups excluding carboxylic acids is 2. The monoisotopic (exact) mass is 373 g/mol. The number of aromatic nitrogens is 1. The average molecular weight is 373 g/mol. The summed E-state index contributed by atoms with van der Waals surface area (Å²) in [5.41, 5.74) is 6.56. The summed E-state index contributed by atoms with van der Waals surface area (Å²) in [7, 11) is 0. The van der Waals surface area contributed by atoms with Crippen LogP contribution in [0.25, 0.3) is 17.0 Å². The van der Waals surface area contributed by atoms with Crippen molar-refractivity contribution in [1.82, 2.24) is 9.99 Å². The van der Waals surface area contributed by atoms with E-state index < -0.39 is 0 Å². The molecule has 2 aromatic carbocycles. The van der Waals surface area contributed by atoms with E-state index in [1.165, 1.54) is 5.01 Å². The fourth-order valence-corrected chi connectivity index (χ4v) is 3.81. The van der Waals surface area contributed by atoms with Crippen molar-refractivity contribution >= 4 is 34.5 Å². The zero-order chi connectivity index (χ0) is 19.8. The van der Waals surface area contributed by atoms with Crippen molar-refractivity contribution in [2.24, 2.45) is 0 Å². The molecule has 1 aromatic heterocycles. The maximum atomic E-state index is 12.9. The summed E-state index contributed by atoms with van der Waals surface area (Å²) in [6, 6.07) is 17.6. The predicted molar refractivity (Wildman–Crippen MR) is 112 cm³/mol. The third-order valence-corrected chi connectivity index (χ3v) is 5.43. The van der Waals surface area contributed by atoms with Crippen LogP contribution in [0, 0.1) is 6.92 Å². The number of hydrogen-bond donors (Lipinski definition) is 1. The Balaban J connectivity index is 1.83. The highest BCUT2D eigenvalue weighted by Gasteiger charge is 2.35. The SMILES string of the molecule is CC[C@@H](C)n1c(C)c(/C=C2/C(=O)NN(c3ccccc3)C2=O)c2ccccc21. The number of hydrazine groups is 1. The first-order valence-corrected chi connectivity index (χ1v) is 9.54. The fourth-order valence-electron chi connectivity index (χ4n) is 3.81. The van der Waals surface area contributed by atoms with Crippen LogP contribution in [0.15, 0.2) is 60.2 Å². The minimum Gasteiger partial charge on any atom is -0.341 e. The predicted octanol–water partition coefficient (Wildman–Crippen LogP) is 4.38. The van der Waals surface area contributed by atoms with Crippen molar-refractivity contribution in [3.8, 4) is 0 Å². The molecule has 2 heterocycles. The summed E-state index contributed by atoms with van der Waals surface area (Å²) in [5.74, 6) is -0.718. The smallest absolute Gasteiger partial charge is 0.282 e. The maximum absolute atomic E-state index is 12.9. The molecule has 5 heteroatoms. The van der Waals surface area contributed by atoms with Gasteiger partial charge in [-0.05, 0) is 44.5 Å². The minimum absolute atomic E-state index is 0.152. The molecule has 3 aromatic rings. The molecule has 0 bridgehead atoms. The lowest BCUT2D eigenvalue weighted by atomic mass is 10.1. The number of hydrogen-bond acceptors (Lipinski definition) is 2. The van der Waals surface area contributed by atoms with Gasteiger partial charge >= 0.3 is 0 Å². The number of rotatable bonds is 4. The van der Waals surface area contributed by atoms with E-state index in [1.54, 1.807) is 18.2 Å². The van der Waals surface area contributed by atoms with E-state index in [1.807, 2.05) is 43.3 Å². The van der Waals surface area contributed by atoms with Crippen LogP contribution in [0.4, 0.5) is 5.69 Å². The third kappa shape index (κ3) is 2.80. The Kier molecular flexibility index (Phi) is 4.51. The van der Waals surface area contributed by atoms with Gasteiger partial charge in [0.25, 0.3) is 11.8 Å². The van der Waals surface area contributed by atoms with Crippen LogP contribution < -0.4 is 10.4 Å². The lowest BCUT2D eigenvalue weighted by molar-refractivity contribution is -0.117. The molecule has 1 atom stereocenters. The summed E-state index contributed by atoms with van der Waals surface area (Å²) < 4.78 is 2.29. The van der Waals surface area contributed by atoms with Gasteiger partial charge in [-0.25, -0.2) is 5.01 Å². The van der Waals surface area contributed by atoms with Crippen LogP contribution >= 0.6 is 0 Å². The standard InChI is InChI=1S/C23H23N3O2/c1-4-15(2)25-16(3)19(18-12-8-9-13-21(18)25)14-20-22(27)24-26(23(20)28)17-10-6-5-7-11-17/h5-15H,4H2,1-3H3,(H,24,27)/b20-14-/t15-/m1/s1.